The molecular formula is C17H24N6O3. The lowest BCUT2D eigenvalue weighted by Crippen LogP contribution is -2.47. The van der Waals surface area contributed by atoms with E-state index in [0.717, 1.165) is 11.4 Å². The second kappa shape index (κ2) is 7.69. The van der Waals surface area contributed by atoms with Gasteiger partial charge in [0.25, 0.3) is 0 Å². The summed E-state index contributed by atoms with van der Waals surface area (Å²) in [5, 5.41) is 24.6. The molecule has 0 unspecified atom stereocenters. The topological polar surface area (TPSA) is 105 Å². The van der Waals surface area contributed by atoms with E-state index in [4.69, 9.17) is 4.74 Å². The molecule has 0 saturated carbocycles. The number of methoxy groups -OCH3 is 1. The number of carbonyl (C=O) groups excluding carboxylic acids is 1. The van der Waals surface area contributed by atoms with Crippen molar-refractivity contribution in [3.05, 3.63) is 30.1 Å². The van der Waals surface area contributed by atoms with Gasteiger partial charge in [-0.05, 0) is 61.4 Å². The molecule has 1 aromatic carbocycles. The summed E-state index contributed by atoms with van der Waals surface area (Å²) in [4.78, 5) is 14.3. The van der Waals surface area contributed by atoms with Gasteiger partial charge in [0.15, 0.2) is 5.82 Å². The summed E-state index contributed by atoms with van der Waals surface area (Å²) in [7, 11) is 1.61. The molecule has 9 nitrogen and oxygen atoms in total. The van der Waals surface area contributed by atoms with E-state index in [0.29, 0.717) is 18.7 Å². The van der Waals surface area contributed by atoms with Crippen molar-refractivity contribution in [3.8, 4) is 11.4 Å². The predicted molar refractivity (Wildman–Crippen MR) is 94.1 cm³/mol. The average Bonchev–Trinajstić information content (AvgIpc) is 3.27. The fourth-order valence-corrected chi connectivity index (χ4v) is 3.25. The molecule has 140 valence electrons. The van der Waals surface area contributed by atoms with Gasteiger partial charge in [-0.3, -0.25) is 0 Å². The largest absolute Gasteiger partial charge is 0.497 e. The molecule has 1 fully saturated rings. The van der Waals surface area contributed by atoms with Gasteiger partial charge in [-0.25, -0.2) is 4.79 Å². The van der Waals surface area contributed by atoms with Crippen molar-refractivity contribution >= 4 is 6.03 Å². The van der Waals surface area contributed by atoms with Gasteiger partial charge in [-0.1, -0.05) is 0 Å². The van der Waals surface area contributed by atoms with E-state index < -0.39 is 0 Å². The zero-order valence-electron chi connectivity index (χ0n) is 15.2. The van der Waals surface area contributed by atoms with Gasteiger partial charge >= 0.3 is 6.03 Å². The first kappa shape index (κ1) is 18.1. The zero-order valence-corrected chi connectivity index (χ0v) is 15.2. The van der Waals surface area contributed by atoms with Crippen molar-refractivity contribution in [2.75, 3.05) is 13.7 Å². The van der Waals surface area contributed by atoms with E-state index in [1.165, 1.54) is 0 Å². The molecule has 3 rings (SSSR count). The zero-order chi connectivity index (χ0) is 18.7. The highest BCUT2D eigenvalue weighted by atomic mass is 16.5. The molecule has 1 aliphatic heterocycles. The first-order valence-corrected chi connectivity index (χ1v) is 8.67. The Labute approximate surface area is 151 Å². The van der Waals surface area contributed by atoms with Crippen LogP contribution in [0.15, 0.2) is 24.3 Å². The molecule has 9 heteroatoms. The number of carbonyl (C=O) groups is 1. The number of nitrogens with zero attached hydrogens (tertiary/aromatic N) is 5. The fourth-order valence-electron chi connectivity index (χ4n) is 3.25. The van der Waals surface area contributed by atoms with Gasteiger partial charge in [0.05, 0.1) is 31.5 Å². The van der Waals surface area contributed by atoms with Crippen LogP contribution in [0.2, 0.25) is 0 Å². The minimum atomic E-state index is -0.303. The van der Waals surface area contributed by atoms with Gasteiger partial charge in [0, 0.05) is 6.04 Å². The number of ether oxygens (including phenoxy) is 1. The summed E-state index contributed by atoms with van der Waals surface area (Å²) in [6, 6.07) is 6.60. The highest BCUT2D eigenvalue weighted by Gasteiger charge is 2.40. The summed E-state index contributed by atoms with van der Waals surface area (Å²) in [6.45, 7) is 3.71. The van der Waals surface area contributed by atoms with Crippen LogP contribution in [-0.2, 0) is 0 Å². The first-order chi connectivity index (χ1) is 12.5. The number of nitrogens with one attached hydrogen (secondary N) is 1. The Hall–Kier alpha value is -2.68. The monoisotopic (exact) mass is 360 g/mol. The van der Waals surface area contributed by atoms with E-state index in [2.05, 4.69) is 20.8 Å². The maximum Gasteiger partial charge on any atom is 0.318 e. The second-order valence-electron chi connectivity index (χ2n) is 6.59. The number of benzene rings is 1. The quantitative estimate of drug-likeness (QED) is 0.832. The molecule has 0 radical (unpaired) electrons. The van der Waals surface area contributed by atoms with Crippen molar-refractivity contribution < 1.29 is 14.6 Å². The summed E-state index contributed by atoms with van der Waals surface area (Å²) in [5.74, 6) is 1.31. The van der Waals surface area contributed by atoms with Crippen LogP contribution in [0.4, 0.5) is 4.79 Å². The van der Waals surface area contributed by atoms with Crippen molar-refractivity contribution in [3.63, 3.8) is 0 Å². The molecule has 1 aromatic heterocycles. The van der Waals surface area contributed by atoms with Crippen LogP contribution in [-0.4, -0.2) is 62.0 Å². The third-order valence-corrected chi connectivity index (χ3v) is 4.47. The number of tetrazole rings is 1. The molecule has 0 spiro atoms. The number of aliphatic hydroxyl groups is 1. The van der Waals surface area contributed by atoms with Crippen LogP contribution >= 0.6 is 0 Å². The first-order valence-electron chi connectivity index (χ1n) is 8.67. The number of aliphatic hydroxyl groups excluding tert-OH is 1. The Morgan fingerprint density at radius 3 is 2.69 bits per heavy atom. The Morgan fingerprint density at radius 1 is 1.35 bits per heavy atom. The van der Waals surface area contributed by atoms with Crippen molar-refractivity contribution in [2.24, 2.45) is 0 Å². The lowest BCUT2D eigenvalue weighted by molar-refractivity contribution is 0.133. The van der Waals surface area contributed by atoms with Crippen molar-refractivity contribution in [2.45, 2.75) is 44.8 Å². The molecule has 1 aliphatic rings. The van der Waals surface area contributed by atoms with Crippen molar-refractivity contribution in [1.82, 2.24) is 30.4 Å². The fraction of sp³-hybridized carbons (Fsp3) is 0.529. The number of likely N-dealkylation sites (tertiary alicyclic amines) is 1. The smallest absolute Gasteiger partial charge is 0.318 e. The van der Waals surface area contributed by atoms with E-state index in [-0.39, 0.29) is 30.8 Å². The van der Waals surface area contributed by atoms with Crippen LogP contribution in [0.5, 0.6) is 5.75 Å². The third-order valence-electron chi connectivity index (χ3n) is 4.47. The Morgan fingerprint density at radius 2 is 2.08 bits per heavy atom. The van der Waals surface area contributed by atoms with E-state index in [9.17, 15) is 9.90 Å². The Balaban J connectivity index is 1.92. The number of aromatic nitrogens is 4. The summed E-state index contributed by atoms with van der Waals surface area (Å²) >= 11 is 0. The standard InChI is InChI=1S/C17H24N6O3/c1-11(2)18-17(25)22-13(10-24)6-9-15(22)16-19-20-21-23(16)12-4-7-14(26-3)8-5-12/h4-5,7-8,11,13,15,24H,6,9-10H2,1-3H3,(H,18,25)/t13-,15-/m0/s1. The molecule has 26 heavy (non-hydrogen) atoms. The average molecular weight is 360 g/mol. The molecule has 2 amide bonds. The lowest BCUT2D eigenvalue weighted by atomic mass is 10.2. The van der Waals surface area contributed by atoms with E-state index >= 15 is 0 Å². The molecule has 0 bridgehead atoms. The van der Waals surface area contributed by atoms with Crippen molar-refractivity contribution in [1.29, 1.82) is 0 Å². The number of hydrogen-bond donors (Lipinski definition) is 2. The van der Waals surface area contributed by atoms with E-state index in [1.54, 1.807) is 16.7 Å². The Kier molecular flexibility index (Phi) is 5.36. The van der Waals surface area contributed by atoms with Gasteiger partial charge in [-0.2, -0.15) is 4.68 Å². The highest BCUT2D eigenvalue weighted by Crippen LogP contribution is 2.35. The minimum Gasteiger partial charge on any atom is -0.497 e. The van der Waals surface area contributed by atoms with Crippen LogP contribution in [0.25, 0.3) is 5.69 Å². The molecule has 0 aliphatic carbocycles. The maximum absolute atomic E-state index is 12.7. The van der Waals surface area contributed by atoms with Gasteiger partial charge < -0.3 is 20.1 Å². The minimum absolute atomic E-state index is 0.000626. The molecular weight excluding hydrogens is 336 g/mol. The second-order valence-corrected chi connectivity index (χ2v) is 6.59. The summed E-state index contributed by atoms with van der Waals surface area (Å²) in [6.07, 6.45) is 1.38. The maximum atomic E-state index is 12.7. The Bertz CT molecular complexity index is 745. The van der Waals surface area contributed by atoms with Gasteiger partial charge in [0.1, 0.15) is 5.75 Å². The molecule has 2 N–H and O–H groups in total. The summed E-state index contributed by atoms with van der Waals surface area (Å²) < 4.78 is 6.81. The lowest BCUT2D eigenvalue weighted by Gasteiger charge is -2.29. The predicted octanol–water partition coefficient (Wildman–Crippen LogP) is 1.29. The SMILES string of the molecule is COc1ccc(-n2nnnc2[C@@H]2CC[C@@H](CO)N2C(=O)NC(C)C)cc1. The number of hydrogen-bond acceptors (Lipinski definition) is 6. The molecule has 2 heterocycles. The van der Waals surface area contributed by atoms with Gasteiger partial charge in [-0.15, -0.1) is 5.10 Å². The third kappa shape index (κ3) is 3.48. The van der Waals surface area contributed by atoms with Crippen LogP contribution in [0.1, 0.15) is 38.6 Å². The highest BCUT2D eigenvalue weighted by molar-refractivity contribution is 5.75. The van der Waals surface area contributed by atoms with E-state index in [1.807, 2.05) is 38.1 Å². The number of rotatable bonds is 5. The molecule has 2 atom stereocenters. The number of urea groups is 1. The van der Waals surface area contributed by atoms with Gasteiger partial charge in [0.2, 0.25) is 0 Å². The molecule has 2 aromatic rings. The van der Waals surface area contributed by atoms with Crippen LogP contribution in [0.3, 0.4) is 0 Å². The molecule has 1 saturated heterocycles. The number of amides is 2. The van der Waals surface area contributed by atoms with Crippen LogP contribution in [0, 0.1) is 0 Å². The van der Waals surface area contributed by atoms with Crippen LogP contribution < -0.4 is 10.1 Å². The summed E-state index contributed by atoms with van der Waals surface area (Å²) in [5.41, 5.74) is 0.780. The normalized spacial score (nSPS) is 19.8.